The third kappa shape index (κ3) is 3.06. The molecule has 5 nitrogen and oxygen atoms in total. The van der Waals surface area contributed by atoms with Crippen LogP contribution in [0.25, 0.3) is 0 Å². The van der Waals surface area contributed by atoms with E-state index in [0.717, 1.165) is 18.5 Å². The fraction of sp³-hybridized carbons (Fsp3) is 0.500. The summed E-state index contributed by atoms with van der Waals surface area (Å²) in [6.07, 6.45) is 1.09. The molecule has 0 saturated carbocycles. The van der Waals surface area contributed by atoms with E-state index >= 15 is 0 Å². The Labute approximate surface area is 123 Å². The van der Waals surface area contributed by atoms with E-state index in [-0.39, 0.29) is 18.5 Å². The van der Waals surface area contributed by atoms with Gasteiger partial charge >= 0.3 is 0 Å². The van der Waals surface area contributed by atoms with Gasteiger partial charge in [0.15, 0.2) is 5.84 Å². The Morgan fingerprint density at radius 2 is 2.30 bits per heavy atom. The van der Waals surface area contributed by atoms with Gasteiger partial charge in [0.2, 0.25) is 0 Å². The highest BCUT2D eigenvalue weighted by atomic mass is 35.5. The molecule has 1 aliphatic rings. The van der Waals surface area contributed by atoms with E-state index in [9.17, 15) is 5.11 Å². The SMILES string of the molecule is CC1CCN(Cc2ccc(/C(N)=N/O)cc2Cl)C1CO. The second-order valence-electron chi connectivity index (χ2n) is 5.28. The second kappa shape index (κ2) is 6.43. The molecule has 0 spiro atoms. The molecule has 0 aliphatic carbocycles. The fourth-order valence-corrected chi connectivity index (χ4v) is 2.93. The third-order valence-corrected chi connectivity index (χ3v) is 4.37. The Kier molecular flexibility index (Phi) is 4.86. The predicted molar refractivity (Wildman–Crippen MR) is 79.0 cm³/mol. The number of benzene rings is 1. The first-order valence-corrected chi connectivity index (χ1v) is 7.05. The van der Waals surface area contributed by atoms with Crippen LogP contribution >= 0.6 is 11.6 Å². The molecular formula is C14H20ClN3O2. The van der Waals surface area contributed by atoms with Crippen molar-refractivity contribution in [2.45, 2.75) is 25.9 Å². The van der Waals surface area contributed by atoms with Gasteiger partial charge in [0.25, 0.3) is 0 Å². The zero-order valence-electron chi connectivity index (χ0n) is 11.5. The number of nitrogens with two attached hydrogens (primary N) is 1. The molecule has 4 N–H and O–H groups in total. The number of aliphatic hydroxyl groups is 1. The van der Waals surface area contributed by atoms with Gasteiger partial charge in [-0.1, -0.05) is 35.8 Å². The van der Waals surface area contributed by atoms with Crippen molar-refractivity contribution in [1.82, 2.24) is 4.90 Å². The van der Waals surface area contributed by atoms with Crippen LogP contribution in [0.15, 0.2) is 23.4 Å². The van der Waals surface area contributed by atoms with Crippen molar-refractivity contribution in [1.29, 1.82) is 0 Å². The minimum Gasteiger partial charge on any atom is -0.409 e. The van der Waals surface area contributed by atoms with Gasteiger partial charge in [-0.05, 0) is 30.5 Å². The minimum atomic E-state index is 0.0430. The van der Waals surface area contributed by atoms with Gasteiger partial charge in [0.05, 0.1) is 6.61 Å². The van der Waals surface area contributed by atoms with Crippen molar-refractivity contribution < 1.29 is 10.3 Å². The van der Waals surface area contributed by atoms with Gasteiger partial charge in [-0.25, -0.2) is 0 Å². The Balaban J connectivity index is 2.14. The van der Waals surface area contributed by atoms with Crippen LogP contribution in [0.5, 0.6) is 0 Å². The van der Waals surface area contributed by atoms with Crippen LogP contribution in [0.3, 0.4) is 0 Å². The molecule has 20 heavy (non-hydrogen) atoms. The number of hydrogen-bond acceptors (Lipinski definition) is 4. The lowest BCUT2D eigenvalue weighted by atomic mass is 10.0. The van der Waals surface area contributed by atoms with Crippen LogP contribution in [0.4, 0.5) is 0 Å². The van der Waals surface area contributed by atoms with Gasteiger partial charge in [-0.3, -0.25) is 4.90 Å². The lowest BCUT2D eigenvalue weighted by molar-refractivity contribution is 0.134. The Hall–Kier alpha value is -1.30. The number of halogens is 1. The first-order chi connectivity index (χ1) is 9.56. The fourth-order valence-electron chi connectivity index (χ4n) is 2.69. The molecule has 0 bridgehead atoms. The van der Waals surface area contributed by atoms with Crippen molar-refractivity contribution in [3.05, 3.63) is 34.3 Å². The van der Waals surface area contributed by atoms with Gasteiger partial charge in [-0.15, -0.1) is 0 Å². The van der Waals surface area contributed by atoms with Crippen molar-refractivity contribution in [3.63, 3.8) is 0 Å². The van der Waals surface area contributed by atoms with Crippen molar-refractivity contribution in [3.8, 4) is 0 Å². The van der Waals surface area contributed by atoms with Crippen LogP contribution < -0.4 is 5.73 Å². The van der Waals surface area contributed by atoms with E-state index in [0.29, 0.717) is 23.0 Å². The first-order valence-electron chi connectivity index (χ1n) is 6.68. The Morgan fingerprint density at radius 3 is 2.90 bits per heavy atom. The molecule has 0 aromatic heterocycles. The average molecular weight is 298 g/mol. The Bertz CT molecular complexity index is 507. The van der Waals surface area contributed by atoms with Gasteiger partial charge < -0.3 is 16.0 Å². The molecule has 1 saturated heterocycles. The minimum absolute atomic E-state index is 0.0430. The second-order valence-corrected chi connectivity index (χ2v) is 5.68. The summed E-state index contributed by atoms with van der Waals surface area (Å²) in [5.74, 6) is 0.539. The number of aliphatic hydroxyl groups excluding tert-OH is 1. The summed E-state index contributed by atoms with van der Waals surface area (Å²) in [6.45, 7) is 3.99. The van der Waals surface area contributed by atoms with Gasteiger partial charge in [-0.2, -0.15) is 0 Å². The molecule has 2 unspecified atom stereocenters. The summed E-state index contributed by atoms with van der Waals surface area (Å²) in [6, 6.07) is 5.55. The Morgan fingerprint density at radius 1 is 1.55 bits per heavy atom. The average Bonchev–Trinajstić information content (AvgIpc) is 2.80. The highest BCUT2D eigenvalue weighted by Gasteiger charge is 2.30. The van der Waals surface area contributed by atoms with Crippen LogP contribution in [0.2, 0.25) is 5.02 Å². The zero-order chi connectivity index (χ0) is 14.7. The highest BCUT2D eigenvalue weighted by Crippen LogP contribution is 2.27. The summed E-state index contributed by atoms with van der Waals surface area (Å²) >= 11 is 6.25. The maximum Gasteiger partial charge on any atom is 0.170 e. The van der Waals surface area contributed by atoms with E-state index < -0.39 is 0 Å². The monoisotopic (exact) mass is 297 g/mol. The van der Waals surface area contributed by atoms with E-state index in [1.807, 2.05) is 6.07 Å². The quantitative estimate of drug-likeness (QED) is 0.341. The smallest absolute Gasteiger partial charge is 0.170 e. The number of rotatable bonds is 4. The molecule has 0 radical (unpaired) electrons. The van der Waals surface area contributed by atoms with E-state index in [4.69, 9.17) is 22.5 Å². The van der Waals surface area contributed by atoms with E-state index in [1.54, 1.807) is 12.1 Å². The molecule has 2 rings (SSSR count). The maximum atomic E-state index is 9.47. The third-order valence-electron chi connectivity index (χ3n) is 4.01. The molecule has 1 aliphatic heterocycles. The van der Waals surface area contributed by atoms with Gasteiger partial charge in [0.1, 0.15) is 0 Å². The highest BCUT2D eigenvalue weighted by molar-refractivity contribution is 6.31. The molecule has 1 aromatic carbocycles. The van der Waals surface area contributed by atoms with Crippen LogP contribution in [0.1, 0.15) is 24.5 Å². The number of amidine groups is 1. The lowest BCUT2D eigenvalue weighted by Gasteiger charge is -2.25. The topological polar surface area (TPSA) is 82.1 Å². The lowest BCUT2D eigenvalue weighted by Crippen LogP contribution is -2.34. The van der Waals surface area contributed by atoms with Gasteiger partial charge in [0, 0.05) is 23.2 Å². The molecule has 0 amide bonds. The van der Waals surface area contributed by atoms with Crippen LogP contribution in [-0.4, -0.2) is 40.2 Å². The molecular weight excluding hydrogens is 278 g/mol. The normalized spacial score (nSPS) is 24.2. The first kappa shape index (κ1) is 15.1. The summed E-state index contributed by atoms with van der Waals surface area (Å²) < 4.78 is 0. The van der Waals surface area contributed by atoms with Crippen molar-refractivity contribution in [2.24, 2.45) is 16.8 Å². The molecule has 1 fully saturated rings. The largest absolute Gasteiger partial charge is 0.409 e. The standard InChI is InChI=1S/C14H20ClN3O2/c1-9-4-5-18(13(9)8-19)7-11-3-2-10(6-12(11)15)14(16)17-20/h2-3,6,9,13,19-20H,4-5,7-8H2,1H3,(H2,16,17). The number of nitrogens with zero attached hydrogens (tertiary/aromatic N) is 2. The van der Waals surface area contributed by atoms with Crippen molar-refractivity contribution >= 4 is 17.4 Å². The number of likely N-dealkylation sites (tertiary alicyclic amines) is 1. The number of oxime groups is 1. The zero-order valence-corrected chi connectivity index (χ0v) is 12.2. The maximum absolute atomic E-state index is 9.47. The molecule has 110 valence electrons. The van der Waals surface area contributed by atoms with E-state index in [2.05, 4.69) is 17.0 Å². The van der Waals surface area contributed by atoms with Crippen molar-refractivity contribution in [2.75, 3.05) is 13.2 Å². The molecule has 1 heterocycles. The summed E-state index contributed by atoms with van der Waals surface area (Å²) in [7, 11) is 0. The summed E-state index contributed by atoms with van der Waals surface area (Å²) in [5, 5.41) is 21.7. The summed E-state index contributed by atoms with van der Waals surface area (Å²) in [4.78, 5) is 2.25. The predicted octanol–water partition coefficient (Wildman–Crippen LogP) is 1.64. The molecule has 2 atom stereocenters. The van der Waals surface area contributed by atoms with Crippen LogP contribution in [0, 0.1) is 5.92 Å². The number of hydrogen-bond donors (Lipinski definition) is 3. The van der Waals surface area contributed by atoms with Crippen LogP contribution in [-0.2, 0) is 6.54 Å². The molecule has 1 aromatic rings. The molecule has 6 heteroatoms. The summed E-state index contributed by atoms with van der Waals surface area (Å²) in [5.41, 5.74) is 7.11. The van der Waals surface area contributed by atoms with E-state index in [1.165, 1.54) is 0 Å².